The Hall–Kier alpha value is -4.71. The van der Waals surface area contributed by atoms with Crippen LogP contribution in [0, 0.1) is 13.8 Å². The highest BCUT2D eigenvalue weighted by molar-refractivity contribution is 5.85. The molecule has 1 N–H and O–H groups in total. The fourth-order valence-corrected chi connectivity index (χ4v) is 4.22. The number of pyridine rings is 1. The molecule has 0 saturated heterocycles. The lowest BCUT2D eigenvalue weighted by Gasteiger charge is -2.11. The van der Waals surface area contributed by atoms with Crippen molar-refractivity contribution in [3.05, 3.63) is 114 Å². The van der Waals surface area contributed by atoms with E-state index in [1.165, 1.54) is 11.1 Å². The van der Waals surface area contributed by atoms with E-state index in [2.05, 4.69) is 63.4 Å². The van der Waals surface area contributed by atoms with Gasteiger partial charge < -0.3 is 9.30 Å². The molecule has 5 rings (SSSR count). The first-order valence-electron chi connectivity index (χ1n) is 11.7. The summed E-state index contributed by atoms with van der Waals surface area (Å²) in [6, 6.07) is 32.3. The van der Waals surface area contributed by atoms with Gasteiger partial charge in [0.2, 0.25) is 5.88 Å². The third-order valence-electron chi connectivity index (χ3n) is 6.02. The number of carbonyl (C=O) groups excluding carboxylic acids is 1. The third-order valence-corrected chi connectivity index (χ3v) is 6.02. The van der Waals surface area contributed by atoms with Gasteiger partial charge in [-0.15, -0.1) is 0 Å². The number of hydrazone groups is 1. The second-order valence-electron chi connectivity index (χ2n) is 8.50. The molecule has 0 unspecified atom stereocenters. The maximum Gasteiger partial charge on any atom is 0.278 e. The van der Waals surface area contributed by atoms with Crippen LogP contribution < -0.4 is 10.2 Å². The molecule has 0 atom stereocenters. The highest BCUT2D eigenvalue weighted by Gasteiger charge is 2.10. The van der Waals surface area contributed by atoms with Crippen molar-refractivity contribution in [1.29, 1.82) is 0 Å². The van der Waals surface area contributed by atoms with Gasteiger partial charge in [0.05, 0.1) is 11.7 Å². The van der Waals surface area contributed by atoms with Crippen molar-refractivity contribution in [2.24, 2.45) is 5.10 Å². The van der Waals surface area contributed by atoms with Gasteiger partial charge in [-0.05, 0) is 55.3 Å². The van der Waals surface area contributed by atoms with Gasteiger partial charge in [0.1, 0.15) is 0 Å². The number of aryl methyl sites for hydroxylation is 1. The highest BCUT2D eigenvalue weighted by atomic mass is 16.5. The minimum absolute atomic E-state index is 0.171. The Balaban J connectivity index is 1.22. The molecule has 0 aliphatic carbocycles. The summed E-state index contributed by atoms with van der Waals surface area (Å²) in [6.45, 7) is 3.92. The predicted octanol–water partition coefficient (Wildman–Crippen LogP) is 5.84. The number of nitrogens with one attached hydrogen (secondary N) is 1. The Morgan fingerprint density at radius 1 is 0.917 bits per heavy atom. The number of ether oxygens (including phenoxy) is 1. The number of fused-ring (bicyclic) bond motifs is 1. The van der Waals surface area contributed by atoms with Crippen molar-refractivity contribution in [2.75, 3.05) is 6.61 Å². The summed E-state index contributed by atoms with van der Waals surface area (Å²) >= 11 is 0. The number of nitrogens with zero attached hydrogens (tertiary/aromatic N) is 3. The number of carbonyl (C=O) groups is 1. The number of aromatic nitrogens is 2. The molecule has 3 aromatic carbocycles. The highest BCUT2D eigenvalue weighted by Crippen LogP contribution is 2.24. The van der Waals surface area contributed by atoms with Crippen molar-refractivity contribution >= 4 is 23.0 Å². The van der Waals surface area contributed by atoms with Crippen LogP contribution in [-0.2, 0) is 4.79 Å². The Bertz CT molecular complexity index is 1540. The first-order valence-corrected chi connectivity index (χ1v) is 11.7. The van der Waals surface area contributed by atoms with Crippen LogP contribution in [0.4, 0.5) is 0 Å². The first kappa shape index (κ1) is 23.1. The van der Waals surface area contributed by atoms with E-state index in [4.69, 9.17) is 4.74 Å². The van der Waals surface area contributed by atoms with Crippen molar-refractivity contribution < 1.29 is 9.53 Å². The van der Waals surface area contributed by atoms with E-state index in [0.29, 0.717) is 5.88 Å². The topological polar surface area (TPSA) is 68.5 Å². The molecule has 0 aliphatic rings. The van der Waals surface area contributed by atoms with Crippen LogP contribution in [0.1, 0.15) is 17.0 Å². The van der Waals surface area contributed by atoms with Crippen molar-refractivity contribution in [3.8, 4) is 22.7 Å². The molecule has 0 saturated carbocycles. The molecule has 1 amide bonds. The number of hydrogen-bond acceptors (Lipinski definition) is 4. The van der Waals surface area contributed by atoms with Crippen molar-refractivity contribution in [1.82, 2.24) is 15.0 Å². The van der Waals surface area contributed by atoms with E-state index in [9.17, 15) is 4.79 Å². The van der Waals surface area contributed by atoms with Gasteiger partial charge >= 0.3 is 0 Å². The molecule has 36 heavy (non-hydrogen) atoms. The molecule has 2 aromatic heterocycles. The summed E-state index contributed by atoms with van der Waals surface area (Å²) in [5, 5.41) is 5.15. The number of hydrogen-bond donors (Lipinski definition) is 1. The molecular weight excluding hydrogens is 448 g/mol. The van der Waals surface area contributed by atoms with Crippen LogP contribution in [0.15, 0.2) is 102 Å². The Morgan fingerprint density at radius 3 is 2.44 bits per heavy atom. The minimum Gasteiger partial charge on any atom is -0.467 e. The standard InChI is InChI=1S/C30H26N4O2/c1-21-18-26(22(2)34(21)27-15-12-24(13-16-27)23-8-4-3-5-9-23)19-31-33-29(35)20-36-30-17-14-25-10-6-7-11-28(25)32-30/h3-19H,20H2,1-2H3,(H,33,35). The third kappa shape index (κ3) is 5.03. The average Bonchev–Trinajstić information content (AvgIpc) is 3.20. The molecule has 0 fully saturated rings. The molecule has 5 aromatic rings. The summed E-state index contributed by atoms with van der Waals surface area (Å²) in [6.07, 6.45) is 1.66. The first-order chi connectivity index (χ1) is 17.6. The zero-order valence-corrected chi connectivity index (χ0v) is 20.2. The van der Waals surface area contributed by atoms with Crippen LogP contribution in [0.3, 0.4) is 0 Å². The summed E-state index contributed by atoms with van der Waals surface area (Å²) in [5.41, 5.74) is 9.83. The molecule has 0 aliphatic heterocycles. The average molecular weight is 475 g/mol. The molecule has 6 nitrogen and oxygen atoms in total. The molecule has 6 heteroatoms. The van der Waals surface area contributed by atoms with Gasteiger partial charge in [-0.3, -0.25) is 4.79 Å². The van der Waals surface area contributed by atoms with Gasteiger partial charge in [0.15, 0.2) is 6.61 Å². The number of para-hydroxylation sites is 1. The van der Waals surface area contributed by atoms with Crippen LogP contribution in [0.5, 0.6) is 5.88 Å². The summed E-state index contributed by atoms with van der Waals surface area (Å²) in [4.78, 5) is 16.6. The molecule has 2 heterocycles. The molecule has 0 radical (unpaired) electrons. The lowest BCUT2D eigenvalue weighted by molar-refractivity contribution is -0.123. The quantitative estimate of drug-likeness (QED) is 0.238. The maximum atomic E-state index is 12.2. The van der Waals surface area contributed by atoms with Gasteiger partial charge in [-0.1, -0.05) is 60.7 Å². The summed E-state index contributed by atoms with van der Waals surface area (Å²) in [7, 11) is 0. The van der Waals surface area contributed by atoms with E-state index in [1.807, 2.05) is 61.5 Å². The van der Waals surface area contributed by atoms with E-state index < -0.39 is 0 Å². The van der Waals surface area contributed by atoms with Gasteiger partial charge in [0, 0.05) is 34.1 Å². The lowest BCUT2D eigenvalue weighted by atomic mass is 10.1. The monoisotopic (exact) mass is 474 g/mol. The van der Waals surface area contributed by atoms with E-state index in [1.54, 1.807) is 12.3 Å². The summed E-state index contributed by atoms with van der Waals surface area (Å²) < 4.78 is 7.70. The fourth-order valence-electron chi connectivity index (χ4n) is 4.22. The second kappa shape index (κ2) is 10.3. The number of amides is 1. The summed E-state index contributed by atoms with van der Waals surface area (Å²) in [5.74, 6) is 0.0428. The van der Waals surface area contributed by atoms with Crippen molar-refractivity contribution in [2.45, 2.75) is 13.8 Å². The maximum absolute atomic E-state index is 12.2. The van der Waals surface area contributed by atoms with Gasteiger partial charge in [-0.2, -0.15) is 5.10 Å². The lowest BCUT2D eigenvalue weighted by Crippen LogP contribution is -2.24. The van der Waals surface area contributed by atoms with E-state index in [-0.39, 0.29) is 12.5 Å². The SMILES string of the molecule is Cc1cc(C=NNC(=O)COc2ccc3ccccc3n2)c(C)n1-c1ccc(-c2ccccc2)cc1. The zero-order chi connectivity index (χ0) is 24.9. The van der Waals surface area contributed by atoms with E-state index >= 15 is 0 Å². The zero-order valence-electron chi connectivity index (χ0n) is 20.2. The normalized spacial score (nSPS) is 11.2. The predicted molar refractivity (Wildman–Crippen MR) is 144 cm³/mol. The molecule has 0 bridgehead atoms. The molecular formula is C30H26N4O2. The molecule has 178 valence electrons. The number of rotatable bonds is 7. The van der Waals surface area contributed by atoms with Crippen LogP contribution in [0.25, 0.3) is 27.7 Å². The Labute approximate surface area is 209 Å². The van der Waals surface area contributed by atoms with Gasteiger partial charge in [0.25, 0.3) is 5.91 Å². The number of benzene rings is 3. The smallest absolute Gasteiger partial charge is 0.278 e. The largest absolute Gasteiger partial charge is 0.467 e. The Kier molecular flexibility index (Phi) is 6.58. The minimum atomic E-state index is -0.355. The van der Waals surface area contributed by atoms with Gasteiger partial charge in [-0.25, -0.2) is 10.4 Å². The Morgan fingerprint density at radius 2 is 1.64 bits per heavy atom. The fraction of sp³-hybridized carbons (Fsp3) is 0.100. The van der Waals surface area contributed by atoms with Crippen LogP contribution in [-0.4, -0.2) is 28.3 Å². The molecule has 0 spiro atoms. The van der Waals surface area contributed by atoms with E-state index in [0.717, 1.165) is 33.5 Å². The van der Waals surface area contributed by atoms with Crippen LogP contribution in [0.2, 0.25) is 0 Å². The van der Waals surface area contributed by atoms with Crippen molar-refractivity contribution in [3.63, 3.8) is 0 Å². The van der Waals surface area contributed by atoms with Crippen LogP contribution >= 0.6 is 0 Å². The second-order valence-corrected chi connectivity index (χ2v) is 8.50.